The van der Waals surface area contributed by atoms with Crippen LogP contribution < -0.4 is 10.6 Å². The van der Waals surface area contributed by atoms with Crippen molar-refractivity contribution in [1.82, 2.24) is 14.6 Å². The molecule has 0 saturated carbocycles. The highest BCUT2D eigenvalue weighted by atomic mass is 79.9. The number of aromatic nitrogens is 3. The molecule has 0 saturated heterocycles. The van der Waals surface area contributed by atoms with Gasteiger partial charge in [0.2, 0.25) is 5.91 Å². The van der Waals surface area contributed by atoms with E-state index in [0.717, 1.165) is 27.1 Å². The number of halogens is 1. The molecule has 5 aromatic rings. The lowest BCUT2D eigenvalue weighted by Gasteiger charge is -2.12. The molecule has 180 valence electrons. The Labute approximate surface area is 217 Å². The molecule has 1 amide bonds. The predicted molar refractivity (Wildman–Crippen MR) is 145 cm³/mol. The molecule has 2 aromatic heterocycles. The van der Waals surface area contributed by atoms with Crippen molar-refractivity contribution in [2.24, 2.45) is 0 Å². The van der Waals surface area contributed by atoms with E-state index in [4.69, 9.17) is 0 Å². The summed E-state index contributed by atoms with van der Waals surface area (Å²) >= 11 is 3.50. The third-order valence-electron chi connectivity index (χ3n) is 5.80. The number of carbonyl (C=O) groups excluding carboxylic acids is 1. The van der Waals surface area contributed by atoms with E-state index < -0.39 is 0 Å². The van der Waals surface area contributed by atoms with Crippen LogP contribution >= 0.6 is 15.9 Å². The van der Waals surface area contributed by atoms with E-state index in [0.29, 0.717) is 36.3 Å². The van der Waals surface area contributed by atoms with Gasteiger partial charge >= 0.3 is 0 Å². The number of hydrogen-bond acceptors (Lipinski definition) is 5. The first kappa shape index (κ1) is 23.6. The van der Waals surface area contributed by atoms with Crippen LogP contribution in [0.3, 0.4) is 0 Å². The number of anilines is 2. The monoisotopic (exact) mass is 541 g/mol. The van der Waals surface area contributed by atoms with Crippen LogP contribution in [0.15, 0.2) is 95.6 Å². The predicted octanol–water partition coefficient (Wildman–Crippen LogP) is 6.05. The lowest BCUT2D eigenvalue weighted by atomic mass is 10.1. The lowest BCUT2D eigenvalue weighted by Crippen LogP contribution is -2.12. The van der Waals surface area contributed by atoms with Gasteiger partial charge in [0.05, 0.1) is 16.4 Å². The van der Waals surface area contributed by atoms with E-state index in [-0.39, 0.29) is 11.7 Å². The number of fused-ring (bicyclic) bond motifs is 1. The molecule has 3 N–H and O–H groups in total. The Balaban J connectivity index is 1.26. The van der Waals surface area contributed by atoms with E-state index >= 15 is 0 Å². The van der Waals surface area contributed by atoms with Gasteiger partial charge in [-0.3, -0.25) is 4.79 Å². The van der Waals surface area contributed by atoms with Crippen molar-refractivity contribution in [2.75, 3.05) is 10.6 Å². The van der Waals surface area contributed by atoms with Crippen LogP contribution in [-0.2, 0) is 17.8 Å². The second kappa shape index (κ2) is 10.6. The number of benzene rings is 3. The number of hydrogen-bond donors (Lipinski definition) is 3. The van der Waals surface area contributed by atoms with Crippen molar-refractivity contribution in [2.45, 2.75) is 19.4 Å². The zero-order valence-corrected chi connectivity index (χ0v) is 20.9. The van der Waals surface area contributed by atoms with Crippen molar-refractivity contribution in [1.29, 1.82) is 0 Å². The van der Waals surface area contributed by atoms with Gasteiger partial charge in [0.15, 0.2) is 5.65 Å². The lowest BCUT2D eigenvalue weighted by molar-refractivity contribution is -0.116. The van der Waals surface area contributed by atoms with Gasteiger partial charge in [-0.15, -0.1) is 0 Å². The van der Waals surface area contributed by atoms with Crippen LogP contribution in [0.4, 0.5) is 11.5 Å². The number of nitrogens with one attached hydrogen (secondary N) is 2. The summed E-state index contributed by atoms with van der Waals surface area (Å²) in [6, 6.07) is 26.7. The third-order valence-corrected chi connectivity index (χ3v) is 6.36. The van der Waals surface area contributed by atoms with Crippen molar-refractivity contribution in [3.63, 3.8) is 0 Å². The molecule has 36 heavy (non-hydrogen) atoms. The van der Waals surface area contributed by atoms with Gasteiger partial charge in [0, 0.05) is 30.3 Å². The summed E-state index contributed by atoms with van der Waals surface area (Å²) in [6.07, 6.45) is 2.84. The average Bonchev–Trinajstić information content (AvgIpc) is 3.28. The zero-order chi connectivity index (χ0) is 24.9. The van der Waals surface area contributed by atoms with Crippen LogP contribution in [0.2, 0.25) is 0 Å². The van der Waals surface area contributed by atoms with Gasteiger partial charge in [0.25, 0.3) is 0 Å². The Hall–Kier alpha value is -4.17. The van der Waals surface area contributed by atoms with Crippen LogP contribution in [-0.4, -0.2) is 25.6 Å². The smallest absolute Gasteiger partial charge is 0.224 e. The molecule has 0 radical (unpaired) electrons. The highest BCUT2D eigenvalue weighted by molar-refractivity contribution is 9.10. The summed E-state index contributed by atoms with van der Waals surface area (Å²) in [7, 11) is 0. The first-order chi connectivity index (χ1) is 17.6. The Morgan fingerprint density at radius 3 is 2.47 bits per heavy atom. The Morgan fingerprint density at radius 1 is 0.944 bits per heavy atom. The summed E-state index contributed by atoms with van der Waals surface area (Å²) in [5, 5.41) is 21.1. The molecule has 0 atom stereocenters. The van der Waals surface area contributed by atoms with Gasteiger partial charge in [-0.05, 0) is 57.7 Å². The summed E-state index contributed by atoms with van der Waals surface area (Å²) in [5.41, 5.74) is 4.88. The number of nitrogens with zero attached hydrogens (tertiary/aromatic N) is 3. The fraction of sp³-hybridized carbons (Fsp3) is 0.107. The number of para-hydroxylation sites is 1. The van der Waals surface area contributed by atoms with Gasteiger partial charge in [-0.1, -0.05) is 54.6 Å². The molecule has 7 nitrogen and oxygen atoms in total. The average molecular weight is 542 g/mol. The van der Waals surface area contributed by atoms with Gasteiger partial charge in [-0.25, -0.2) is 4.98 Å². The molecule has 8 heteroatoms. The number of amides is 1. The summed E-state index contributed by atoms with van der Waals surface area (Å²) < 4.78 is 2.48. The first-order valence-electron chi connectivity index (χ1n) is 11.6. The highest BCUT2D eigenvalue weighted by Crippen LogP contribution is 2.31. The highest BCUT2D eigenvalue weighted by Gasteiger charge is 2.13. The number of aromatic hydroxyl groups is 1. The minimum absolute atomic E-state index is 0.00939. The molecule has 2 heterocycles. The van der Waals surface area contributed by atoms with Gasteiger partial charge in [0.1, 0.15) is 11.6 Å². The molecule has 0 aliphatic carbocycles. The molecular weight excluding hydrogens is 518 g/mol. The fourth-order valence-corrected chi connectivity index (χ4v) is 4.26. The topological polar surface area (TPSA) is 91.5 Å². The van der Waals surface area contributed by atoms with Gasteiger partial charge < -0.3 is 15.7 Å². The maximum Gasteiger partial charge on any atom is 0.224 e. The Kier molecular flexibility index (Phi) is 6.95. The maximum absolute atomic E-state index is 12.3. The molecule has 5 rings (SSSR count). The molecule has 0 aliphatic rings. The standard InChI is InChI=1S/C28H24BrN5O2/c29-23-18-31-34-26(16-24(33-28(23)34)22-8-4-5-9-25(22)35)30-17-20-10-13-21(14-11-20)32-27(36)15-12-19-6-2-1-3-7-19/h1-11,13-14,16,18,30,35H,12,15,17H2,(H,32,36). The van der Waals surface area contributed by atoms with E-state index in [9.17, 15) is 9.90 Å². The quantitative estimate of drug-likeness (QED) is 0.222. The number of phenolic OH excluding ortho intramolecular Hbond substituents is 1. The Morgan fingerprint density at radius 2 is 1.69 bits per heavy atom. The summed E-state index contributed by atoms with van der Waals surface area (Å²) in [6.45, 7) is 0.541. The first-order valence-corrected chi connectivity index (χ1v) is 12.4. The largest absolute Gasteiger partial charge is 0.507 e. The van der Waals surface area contributed by atoms with Crippen LogP contribution in [0, 0.1) is 0 Å². The van der Waals surface area contributed by atoms with E-state index in [1.807, 2.05) is 72.8 Å². The molecule has 0 aliphatic heterocycles. The van der Waals surface area contributed by atoms with E-state index in [1.54, 1.807) is 22.8 Å². The van der Waals surface area contributed by atoms with Crippen LogP contribution in [0.5, 0.6) is 5.75 Å². The fourth-order valence-electron chi connectivity index (χ4n) is 3.91. The van der Waals surface area contributed by atoms with Crippen molar-refractivity contribution in [3.05, 3.63) is 107 Å². The van der Waals surface area contributed by atoms with Crippen molar-refractivity contribution >= 4 is 39.0 Å². The van der Waals surface area contributed by atoms with E-state index in [2.05, 4.69) is 36.6 Å². The number of phenols is 1. The van der Waals surface area contributed by atoms with Crippen LogP contribution in [0.25, 0.3) is 16.9 Å². The van der Waals surface area contributed by atoms with Gasteiger partial charge in [-0.2, -0.15) is 9.61 Å². The Bertz CT molecular complexity index is 1500. The third kappa shape index (κ3) is 5.39. The summed E-state index contributed by atoms with van der Waals surface area (Å²) in [4.78, 5) is 17.0. The van der Waals surface area contributed by atoms with Crippen molar-refractivity contribution in [3.8, 4) is 17.0 Å². The molecule has 0 unspecified atom stereocenters. The van der Waals surface area contributed by atoms with Crippen molar-refractivity contribution < 1.29 is 9.90 Å². The minimum atomic E-state index is -0.00939. The molecule has 0 bridgehead atoms. The maximum atomic E-state index is 12.3. The van der Waals surface area contributed by atoms with E-state index in [1.165, 1.54) is 0 Å². The number of rotatable bonds is 8. The number of carbonyl (C=O) groups is 1. The molecule has 0 fully saturated rings. The molecular formula is C28H24BrN5O2. The molecule has 3 aromatic carbocycles. The van der Waals surface area contributed by atoms with Crippen LogP contribution in [0.1, 0.15) is 17.5 Å². The normalized spacial score (nSPS) is 10.9. The minimum Gasteiger partial charge on any atom is -0.507 e. The number of aryl methyl sites for hydroxylation is 1. The summed E-state index contributed by atoms with van der Waals surface area (Å²) in [5.74, 6) is 0.893. The zero-order valence-electron chi connectivity index (χ0n) is 19.4. The SMILES string of the molecule is O=C(CCc1ccccc1)Nc1ccc(CNc2cc(-c3ccccc3O)nc3c(Br)cnn23)cc1. The second-order valence-corrected chi connectivity index (χ2v) is 9.21. The molecule has 0 spiro atoms. The second-order valence-electron chi connectivity index (χ2n) is 8.36.